The van der Waals surface area contributed by atoms with Crippen LogP contribution in [-0.2, 0) is 25.4 Å². The van der Waals surface area contributed by atoms with E-state index in [1.807, 2.05) is 17.5 Å². The zero-order valence-corrected chi connectivity index (χ0v) is 14.7. The van der Waals surface area contributed by atoms with Crippen LogP contribution in [0.1, 0.15) is 11.8 Å². The molecular weight excluding hydrogens is 344 g/mol. The van der Waals surface area contributed by atoms with Gasteiger partial charge in [-0.1, -0.05) is 6.07 Å². The molecule has 0 radical (unpaired) electrons. The van der Waals surface area contributed by atoms with Crippen LogP contribution in [0.15, 0.2) is 38.5 Å². The molecule has 3 rings (SSSR count). The van der Waals surface area contributed by atoms with Crippen molar-refractivity contribution in [2.45, 2.75) is 13.5 Å². The Balaban J connectivity index is 1.86. The maximum absolute atomic E-state index is 12.1. The summed E-state index contributed by atoms with van der Waals surface area (Å²) in [6.45, 7) is 1.68. The lowest BCUT2D eigenvalue weighted by atomic mass is 10.3. The second-order valence-electron chi connectivity index (χ2n) is 5.46. The highest BCUT2D eigenvalue weighted by molar-refractivity contribution is 7.12. The summed E-state index contributed by atoms with van der Waals surface area (Å²) in [6.07, 6.45) is 1.36. The highest BCUT2D eigenvalue weighted by Gasteiger charge is 2.15. The normalized spacial score (nSPS) is 11.9. The molecule has 0 bridgehead atoms. The zero-order chi connectivity index (χ0) is 18.1. The van der Waals surface area contributed by atoms with E-state index in [1.54, 1.807) is 6.92 Å². The molecule has 130 valence electrons. The number of rotatable bonds is 4. The highest BCUT2D eigenvalue weighted by Crippen LogP contribution is 2.09. The number of imidazole rings is 1. The minimum absolute atomic E-state index is 0.113. The number of nitrogens with zero attached hydrogens (tertiary/aromatic N) is 5. The van der Waals surface area contributed by atoms with E-state index < -0.39 is 11.2 Å². The Bertz CT molecular complexity index is 1090. The van der Waals surface area contributed by atoms with Gasteiger partial charge in [-0.15, -0.1) is 11.3 Å². The second-order valence-corrected chi connectivity index (χ2v) is 6.41. The molecule has 0 unspecified atom stereocenters. The van der Waals surface area contributed by atoms with E-state index in [1.165, 1.54) is 40.9 Å². The first-order valence-corrected chi connectivity index (χ1v) is 8.26. The SMILES string of the molecule is CC(=NNC(=O)Cn1cnc2c(=O)n(C)c(=O)n(C)c21)c1cccs1. The average molecular weight is 360 g/mol. The molecule has 25 heavy (non-hydrogen) atoms. The molecule has 3 aromatic heterocycles. The number of thiophene rings is 1. The second kappa shape index (κ2) is 6.48. The lowest BCUT2D eigenvalue weighted by Gasteiger charge is -2.08. The maximum atomic E-state index is 12.1. The highest BCUT2D eigenvalue weighted by atomic mass is 32.1. The summed E-state index contributed by atoms with van der Waals surface area (Å²) in [5, 5.41) is 5.98. The molecule has 0 aliphatic heterocycles. The van der Waals surface area contributed by atoms with E-state index in [4.69, 9.17) is 0 Å². The van der Waals surface area contributed by atoms with Crippen LogP contribution in [-0.4, -0.2) is 30.3 Å². The van der Waals surface area contributed by atoms with Gasteiger partial charge in [-0.05, 0) is 18.4 Å². The van der Waals surface area contributed by atoms with Gasteiger partial charge >= 0.3 is 5.69 Å². The number of carbonyl (C=O) groups is 1. The quantitative estimate of drug-likeness (QED) is 0.524. The summed E-state index contributed by atoms with van der Waals surface area (Å²) in [4.78, 5) is 41.3. The molecule has 0 aliphatic rings. The maximum Gasteiger partial charge on any atom is 0.332 e. The van der Waals surface area contributed by atoms with Gasteiger partial charge < -0.3 is 4.57 Å². The van der Waals surface area contributed by atoms with Crippen LogP contribution in [0.3, 0.4) is 0 Å². The standard InChI is InChI=1S/C15H16N6O3S/c1-9(10-5-4-6-25-10)17-18-11(22)7-21-8-16-12-13(21)19(2)15(24)20(3)14(12)23/h4-6,8H,7H2,1-3H3,(H,18,22). The fourth-order valence-electron chi connectivity index (χ4n) is 2.43. The van der Waals surface area contributed by atoms with E-state index in [-0.39, 0.29) is 18.0 Å². The van der Waals surface area contributed by atoms with Gasteiger partial charge in [0.25, 0.3) is 11.5 Å². The first-order valence-electron chi connectivity index (χ1n) is 7.38. The summed E-state index contributed by atoms with van der Waals surface area (Å²) in [7, 11) is 2.91. The van der Waals surface area contributed by atoms with Gasteiger partial charge in [0.05, 0.1) is 12.0 Å². The summed E-state index contributed by atoms with van der Waals surface area (Å²) in [5.74, 6) is -0.386. The van der Waals surface area contributed by atoms with Crippen molar-refractivity contribution in [3.8, 4) is 0 Å². The number of aryl methyl sites for hydroxylation is 1. The average Bonchev–Trinajstić information content (AvgIpc) is 3.26. The molecular formula is C15H16N6O3S. The van der Waals surface area contributed by atoms with Crippen LogP contribution in [0.4, 0.5) is 0 Å². The van der Waals surface area contributed by atoms with Crippen molar-refractivity contribution in [3.05, 3.63) is 49.6 Å². The van der Waals surface area contributed by atoms with Crippen molar-refractivity contribution in [1.82, 2.24) is 24.1 Å². The van der Waals surface area contributed by atoms with Crippen LogP contribution in [0.5, 0.6) is 0 Å². The molecule has 0 aromatic carbocycles. The molecule has 0 atom stereocenters. The third kappa shape index (κ3) is 3.03. The largest absolute Gasteiger partial charge is 0.332 e. The Morgan fingerprint density at radius 2 is 2.08 bits per heavy atom. The Morgan fingerprint density at radius 1 is 1.32 bits per heavy atom. The van der Waals surface area contributed by atoms with Crippen molar-refractivity contribution in [3.63, 3.8) is 0 Å². The minimum atomic E-state index is -0.496. The third-order valence-corrected chi connectivity index (χ3v) is 4.73. The number of hydrogen-bond acceptors (Lipinski definition) is 6. The Morgan fingerprint density at radius 3 is 2.76 bits per heavy atom. The van der Waals surface area contributed by atoms with Crippen molar-refractivity contribution in [1.29, 1.82) is 0 Å². The smallest absolute Gasteiger partial charge is 0.307 e. The first-order chi connectivity index (χ1) is 11.9. The van der Waals surface area contributed by atoms with Crippen molar-refractivity contribution in [2.75, 3.05) is 0 Å². The molecule has 0 spiro atoms. The van der Waals surface area contributed by atoms with E-state index in [9.17, 15) is 14.4 Å². The molecule has 9 nitrogen and oxygen atoms in total. The molecule has 0 saturated carbocycles. The molecule has 0 fully saturated rings. The Labute approximate surface area is 145 Å². The fourth-order valence-corrected chi connectivity index (χ4v) is 3.11. The Hall–Kier alpha value is -3.01. The molecule has 3 aromatic rings. The third-order valence-electron chi connectivity index (χ3n) is 3.75. The van der Waals surface area contributed by atoms with Gasteiger partial charge in [-0.2, -0.15) is 5.10 Å². The van der Waals surface area contributed by atoms with Crippen molar-refractivity contribution < 1.29 is 4.79 Å². The molecule has 1 amide bonds. The number of hydrazone groups is 1. The van der Waals surface area contributed by atoms with Gasteiger partial charge in [0, 0.05) is 19.0 Å². The number of carbonyl (C=O) groups excluding carboxylic acids is 1. The van der Waals surface area contributed by atoms with Crippen LogP contribution < -0.4 is 16.7 Å². The minimum Gasteiger partial charge on any atom is -0.307 e. The topological polar surface area (TPSA) is 103 Å². The summed E-state index contributed by atoms with van der Waals surface area (Å²) in [6, 6.07) is 3.81. The van der Waals surface area contributed by atoms with Gasteiger partial charge in [0.15, 0.2) is 5.52 Å². The number of amides is 1. The van der Waals surface area contributed by atoms with Crippen LogP contribution in [0.25, 0.3) is 11.2 Å². The number of fused-ring (bicyclic) bond motifs is 1. The first kappa shape index (κ1) is 16.8. The van der Waals surface area contributed by atoms with E-state index in [2.05, 4.69) is 15.5 Å². The van der Waals surface area contributed by atoms with Crippen molar-refractivity contribution >= 4 is 34.1 Å². The predicted molar refractivity (Wildman–Crippen MR) is 94.9 cm³/mol. The summed E-state index contributed by atoms with van der Waals surface area (Å²) in [5.41, 5.74) is 2.62. The van der Waals surface area contributed by atoms with Crippen LogP contribution >= 0.6 is 11.3 Å². The summed E-state index contributed by atoms with van der Waals surface area (Å²) >= 11 is 1.52. The van der Waals surface area contributed by atoms with Gasteiger partial charge in [-0.3, -0.25) is 18.7 Å². The van der Waals surface area contributed by atoms with E-state index in [0.29, 0.717) is 11.4 Å². The van der Waals surface area contributed by atoms with Gasteiger partial charge in [-0.25, -0.2) is 15.2 Å². The van der Waals surface area contributed by atoms with Crippen molar-refractivity contribution in [2.24, 2.45) is 19.2 Å². The molecule has 1 N–H and O–H groups in total. The lowest BCUT2D eigenvalue weighted by Crippen LogP contribution is -2.37. The van der Waals surface area contributed by atoms with E-state index >= 15 is 0 Å². The number of hydrogen-bond donors (Lipinski definition) is 1. The zero-order valence-electron chi connectivity index (χ0n) is 13.9. The van der Waals surface area contributed by atoms with Crippen LogP contribution in [0.2, 0.25) is 0 Å². The predicted octanol–water partition coefficient (Wildman–Crippen LogP) is 0.0356. The van der Waals surface area contributed by atoms with Gasteiger partial charge in [0.2, 0.25) is 0 Å². The van der Waals surface area contributed by atoms with E-state index in [0.717, 1.165) is 9.44 Å². The summed E-state index contributed by atoms with van der Waals surface area (Å²) < 4.78 is 3.72. The lowest BCUT2D eigenvalue weighted by molar-refractivity contribution is -0.121. The van der Waals surface area contributed by atoms with Gasteiger partial charge in [0.1, 0.15) is 12.2 Å². The molecule has 3 heterocycles. The molecule has 10 heteroatoms. The molecule has 0 saturated heterocycles. The Kier molecular flexibility index (Phi) is 4.36. The monoisotopic (exact) mass is 360 g/mol. The molecule has 0 aliphatic carbocycles. The number of aromatic nitrogens is 4. The fraction of sp³-hybridized carbons (Fsp3) is 0.267. The number of nitrogens with one attached hydrogen (secondary N) is 1. The van der Waals surface area contributed by atoms with Crippen LogP contribution in [0, 0.1) is 0 Å².